The van der Waals surface area contributed by atoms with Gasteiger partial charge in [0.25, 0.3) is 0 Å². The van der Waals surface area contributed by atoms with E-state index < -0.39 is 17.5 Å². The van der Waals surface area contributed by atoms with Gasteiger partial charge in [0.2, 0.25) is 5.78 Å². The first-order chi connectivity index (χ1) is 9.97. The molecule has 2 rings (SSSR count). The number of carbonyl (C=O) groups excluding carboxylic acids is 2. The molecule has 22 heavy (non-hydrogen) atoms. The molecule has 0 fully saturated rings. The van der Waals surface area contributed by atoms with Gasteiger partial charge >= 0.3 is 23.1 Å². The number of rotatable bonds is 5. The molecule has 0 amide bonds. The molecule has 1 aromatic heterocycles. The fraction of sp³-hybridized carbons (Fsp3) is 0.0667. The first-order valence-electron chi connectivity index (χ1n) is 6.01. The van der Waals surface area contributed by atoms with Crippen LogP contribution in [0.3, 0.4) is 0 Å². The predicted octanol–water partition coefficient (Wildman–Crippen LogP) is -0.685. The fourth-order valence-electron chi connectivity index (χ4n) is 1.81. The summed E-state index contributed by atoms with van der Waals surface area (Å²) >= 11 is 0. The van der Waals surface area contributed by atoms with E-state index in [9.17, 15) is 24.2 Å². The summed E-state index contributed by atoms with van der Waals surface area (Å²) in [4.78, 5) is 21.3. The third-order valence-corrected chi connectivity index (χ3v) is 2.81. The van der Waals surface area contributed by atoms with Crippen molar-refractivity contribution >= 4 is 40.6 Å². The molecule has 0 aliphatic heterocycles. The van der Waals surface area contributed by atoms with Crippen molar-refractivity contribution in [3.05, 3.63) is 65.7 Å². The predicted molar refractivity (Wildman–Crippen MR) is 73.7 cm³/mol. The van der Waals surface area contributed by atoms with Crippen molar-refractivity contribution in [2.24, 2.45) is 0 Å². The van der Waals surface area contributed by atoms with Crippen LogP contribution in [0.1, 0.15) is 11.3 Å². The molecule has 1 aromatic carbocycles. The minimum Gasteiger partial charge on any atom is -0.871 e. The molecule has 2 aromatic rings. The Bertz CT molecular complexity index is 707. The molecule has 0 aliphatic carbocycles. The molecule has 1 heterocycles. The zero-order chi connectivity index (χ0) is 15.4. The normalized spacial score (nSPS) is 10.9. The Morgan fingerprint density at radius 1 is 1.14 bits per heavy atom. The van der Waals surface area contributed by atoms with Gasteiger partial charge in [-0.1, -0.05) is 17.9 Å². The average Bonchev–Trinajstić information content (AvgIpc) is 2.89. The van der Waals surface area contributed by atoms with Gasteiger partial charge in [0.15, 0.2) is 0 Å². The molecule has 0 spiro atoms. The molecule has 0 atom stereocenters. The van der Waals surface area contributed by atoms with Crippen molar-refractivity contribution in [3.8, 4) is 0 Å². The van der Waals surface area contributed by atoms with Crippen molar-refractivity contribution in [1.82, 2.24) is 4.57 Å². The maximum atomic E-state index is 12.8. The van der Waals surface area contributed by atoms with Gasteiger partial charge in [0.1, 0.15) is 11.8 Å². The van der Waals surface area contributed by atoms with Gasteiger partial charge in [0.05, 0.1) is 0 Å². The quantitative estimate of drug-likeness (QED) is 0.317. The zero-order valence-corrected chi connectivity index (χ0v) is 12.9. The molecule has 0 N–H and O–H groups in total. The second-order valence-electron chi connectivity index (χ2n) is 4.31. The minimum atomic E-state index is -1.93. The number of benzene rings is 1. The van der Waals surface area contributed by atoms with Crippen LogP contribution in [0.5, 0.6) is 0 Å². The molecule has 0 saturated carbocycles. The van der Waals surface area contributed by atoms with Crippen LogP contribution < -0.4 is 10.2 Å². The molecule has 5 nitrogen and oxygen atoms in total. The van der Waals surface area contributed by atoms with E-state index >= 15 is 0 Å². The van der Waals surface area contributed by atoms with Crippen molar-refractivity contribution in [3.63, 3.8) is 0 Å². The number of hydrogen-bond donors (Lipinski definition) is 0. The summed E-state index contributed by atoms with van der Waals surface area (Å²) < 4.78 is 14.4. The Morgan fingerprint density at radius 3 is 2.36 bits per heavy atom. The van der Waals surface area contributed by atoms with Crippen molar-refractivity contribution in [1.29, 1.82) is 0 Å². The molecule has 0 aliphatic rings. The minimum absolute atomic E-state index is 0. The summed E-state index contributed by atoms with van der Waals surface area (Å²) in [7, 11) is 0. The number of nitrogens with zero attached hydrogens (tertiary/aromatic N) is 1. The monoisotopic (exact) mass is 311 g/mol. The van der Waals surface area contributed by atoms with Gasteiger partial charge in [-0.05, 0) is 35.9 Å². The molecular formula is C15H10FMgNO4. The standard InChI is InChI=1S/C15H12FNO4.Mg/c16-11-5-3-10(4-6-11)9-17-7-1-2-12(17)13(18)8-14(19)15(20)21;/h1-8,18H,9H2,(H,20,21);/q;+2/p-2/b13-8-;. The SMILES string of the molecule is O=C([O-])C(=O)/C=C(\[O-])c1cccn1Cc1ccc(F)cc1.[Mg+2]. The molecule has 0 bridgehead atoms. The van der Waals surface area contributed by atoms with E-state index in [0.29, 0.717) is 12.6 Å². The third kappa shape index (κ3) is 4.44. The van der Waals surface area contributed by atoms with E-state index in [4.69, 9.17) is 0 Å². The average molecular weight is 312 g/mol. The molecule has 0 saturated heterocycles. The molecular weight excluding hydrogens is 301 g/mol. The Kier molecular flexibility index (Phi) is 6.33. The molecule has 7 heteroatoms. The second kappa shape index (κ2) is 7.76. The Hall–Kier alpha value is -2.12. The van der Waals surface area contributed by atoms with Gasteiger partial charge in [-0.15, -0.1) is 0 Å². The Morgan fingerprint density at radius 2 is 1.77 bits per heavy atom. The van der Waals surface area contributed by atoms with Gasteiger partial charge in [-0.2, -0.15) is 0 Å². The van der Waals surface area contributed by atoms with Crippen LogP contribution >= 0.6 is 0 Å². The third-order valence-electron chi connectivity index (χ3n) is 2.81. The number of ketones is 1. The van der Waals surface area contributed by atoms with E-state index in [1.165, 1.54) is 22.8 Å². The Labute approximate surface area is 141 Å². The van der Waals surface area contributed by atoms with Crippen LogP contribution in [-0.4, -0.2) is 39.4 Å². The largest absolute Gasteiger partial charge is 2.00 e. The van der Waals surface area contributed by atoms with Gasteiger partial charge in [-0.25, -0.2) is 4.39 Å². The van der Waals surface area contributed by atoms with Crippen molar-refractivity contribution in [2.75, 3.05) is 0 Å². The summed E-state index contributed by atoms with van der Waals surface area (Å²) in [5, 5.41) is 22.2. The number of carboxylic acid groups (broad SMARTS) is 1. The van der Waals surface area contributed by atoms with E-state index in [-0.39, 0.29) is 34.6 Å². The molecule has 108 valence electrons. The van der Waals surface area contributed by atoms with Crippen LogP contribution in [0.25, 0.3) is 5.76 Å². The smallest absolute Gasteiger partial charge is 0.871 e. The summed E-state index contributed by atoms with van der Waals surface area (Å²) in [5.41, 5.74) is 0.918. The van der Waals surface area contributed by atoms with Gasteiger partial charge in [-0.3, -0.25) is 4.79 Å². The number of halogens is 1. The maximum Gasteiger partial charge on any atom is 2.00 e. The molecule has 0 radical (unpaired) electrons. The molecule has 0 unspecified atom stereocenters. The zero-order valence-electron chi connectivity index (χ0n) is 11.5. The Balaban J connectivity index is 0.00000242. The second-order valence-corrected chi connectivity index (χ2v) is 4.31. The maximum absolute atomic E-state index is 12.8. The first-order valence-corrected chi connectivity index (χ1v) is 6.01. The van der Waals surface area contributed by atoms with Crippen LogP contribution in [0.2, 0.25) is 0 Å². The fourth-order valence-corrected chi connectivity index (χ4v) is 1.81. The van der Waals surface area contributed by atoms with Crippen molar-refractivity contribution in [2.45, 2.75) is 6.54 Å². The van der Waals surface area contributed by atoms with Gasteiger partial charge in [0, 0.05) is 18.4 Å². The van der Waals surface area contributed by atoms with Crippen LogP contribution in [-0.2, 0) is 16.1 Å². The van der Waals surface area contributed by atoms with E-state index in [0.717, 1.165) is 5.56 Å². The van der Waals surface area contributed by atoms with Gasteiger partial charge < -0.3 is 19.6 Å². The number of hydrogen-bond acceptors (Lipinski definition) is 4. The summed E-state index contributed by atoms with van der Waals surface area (Å²) in [6.45, 7) is 0.293. The van der Waals surface area contributed by atoms with Crippen LogP contribution in [0.15, 0.2) is 48.7 Å². The first kappa shape index (κ1) is 17.9. The topological polar surface area (TPSA) is 85.2 Å². The van der Waals surface area contributed by atoms with E-state index in [2.05, 4.69) is 0 Å². The summed E-state index contributed by atoms with van der Waals surface area (Å²) in [6.07, 6.45) is 2.08. The summed E-state index contributed by atoms with van der Waals surface area (Å²) in [5.74, 6) is -4.40. The number of aliphatic carboxylic acids is 1. The van der Waals surface area contributed by atoms with Crippen LogP contribution in [0.4, 0.5) is 4.39 Å². The number of carbonyl (C=O) groups is 2. The number of aromatic nitrogens is 1. The van der Waals surface area contributed by atoms with Crippen molar-refractivity contribution < 1.29 is 24.2 Å². The van der Waals surface area contributed by atoms with E-state index in [1.54, 1.807) is 24.4 Å². The van der Waals surface area contributed by atoms with E-state index in [1.807, 2.05) is 0 Å². The summed E-state index contributed by atoms with van der Waals surface area (Å²) in [6, 6.07) is 8.79. The van der Waals surface area contributed by atoms with Crippen LogP contribution in [0, 0.1) is 5.82 Å². The number of carboxylic acids is 1.